The van der Waals surface area contributed by atoms with Gasteiger partial charge in [-0.3, -0.25) is 0 Å². The van der Waals surface area contributed by atoms with Gasteiger partial charge in [0.05, 0.1) is 21.3 Å². The Hall–Kier alpha value is -2.61. The van der Waals surface area contributed by atoms with Crippen LogP contribution < -0.4 is 32.6 Å². The normalized spacial score (nSPS) is 13.9. The van der Waals surface area contributed by atoms with Crippen LogP contribution in [0.15, 0.2) is 77.3 Å². The van der Waals surface area contributed by atoms with E-state index in [9.17, 15) is 0 Å². The largest absolute Gasteiger partial charge is 0.497 e. The third-order valence-corrected chi connectivity index (χ3v) is 10.3. The van der Waals surface area contributed by atoms with Crippen LogP contribution in [-0.2, 0) is 13.6 Å². The first-order chi connectivity index (χ1) is 18.5. The first-order valence-corrected chi connectivity index (χ1v) is 15.0. The van der Waals surface area contributed by atoms with E-state index in [2.05, 4.69) is 4.86 Å². The summed E-state index contributed by atoms with van der Waals surface area (Å²) in [5.74, 6) is 3.62. The molecule has 3 unspecified atom stereocenters. The number of benzene rings is 3. The molecule has 0 saturated heterocycles. The number of nitrogens with zero attached hydrogens (tertiary/aromatic N) is 1. The van der Waals surface area contributed by atoms with Gasteiger partial charge in [-0.05, 0) is 72.8 Å². The van der Waals surface area contributed by atoms with Crippen LogP contribution in [0.1, 0.15) is 0 Å². The summed E-state index contributed by atoms with van der Waals surface area (Å²) in [6, 6.07) is 21.1. The predicted molar refractivity (Wildman–Crippen MR) is 148 cm³/mol. The maximum Gasteiger partial charge on any atom is 0.377 e. The average Bonchev–Trinajstić information content (AvgIpc) is 2.97. The van der Waals surface area contributed by atoms with Crippen molar-refractivity contribution >= 4 is 24.7 Å². The fourth-order valence-corrected chi connectivity index (χ4v) is 8.02. The SMILES string of the molecule is COc1ccc(OP(N=P(NP(OC)Oc2ccc(OC)cc2)(OC)Oc2ccc(OC)cc2)OC)cc1. The summed E-state index contributed by atoms with van der Waals surface area (Å²) in [6.07, 6.45) is 0. The quantitative estimate of drug-likeness (QED) is 0.185. The number of methoxy groups -OCH3 is 3. The highest BCUT2D eigenvalue weighted by Gasteiger charge is 2.33. The van der Waals surface area contributed by atoms with Crippen LogP contribution in [0.2, 0.25) is 0 Å². The summed E-state index contributed by atoms with van der Waals surface area (Å²) >= 11 is 0. The molecular formula is C24H31N2O9P3. The Morgan fingerprint density at radius 3 is 1.37 bits per heavy atom. The number of rotatable bonds is 15. The standard InChI is InChI=1S/C24H31N2O9P3/c1-27-19-7-13-22(14-8-19)33-36(30-4)25-38(32-6,35-24-17-11-21(29-3)12-18-24)26-37(31-5)34-23-15-9-20(28-2)10-16-23/h7-18,25H,1-6H3. The molecule has 0 aliphatic heterocycles. The van der Waals surface area contributed by atoms with Crippen molar-refractivity contribution in [3.05, 3.63) is 72.8 Å². The topological polar surface area (TPSA) is 107 Å². The molecule has 0 radical (unpaired) electrons. The minimum Gasteiger partial charge on any atom is -0.497 e. The Kier molecular flexibility index (Phi) is 11.9. The average molecular weight is 584 g/mol. The van der Waals surface area contributed by atoms with E-state index in [0.717, 1.165) is 0 Å². The Balaban J connectivity index is 1.92. The molecule has 3 aromatic rings. The maximum absolute atomic E-state index is 6.29. The van der Waals surface area contributed by atoms with E-state index in [1.54, 1.807) is 94.1 Å². The second kappa shape index (κ2) is 15.1. The Labute approximate surface area is 225 Å². The molecule has 3 rings (SSSR count). The van der Waals surface area contributed by atoms with Gasteiger partial charge in [-0.15, -0.1) is 9.37 Å². The highest BCUT2D eigenvalue weighted by atomic mass is 31.3. The second-order valence-electron chi connectivity index (χ2n) is 7.05. The molecule has 206 valence electrons. The van der Waals surface area contributed by atoms with Crippen molar-refractivity contribution in [1.29, 1.82) is 0 Å². The monoisotopic (exact) mass is 584 g/mol. The third kappa shape index (κ3) is 8.72. The minimum atomic E-state index is -3.33. The number of nitrogens with one attached hydrogen (secondary N) is 1. The molecule has 0 aromatic heterocycles. The molecular weight excluding hydrogens is 553 g/mol. The molecule has 0 aliphatic rings. The molecule has 3 aromatic carbocycles. The van der Waals surface area contributed by atoms with Gasteiger partial charge in [0.15, 0.2) is 0 Å². The summed E-state index contributed by atoms with van der Waals surface area (Å²) < 4.78 is 55.7. The Bertz CT molecular complexity index is 1170. The van der Waals surface area contributed by atoms with Gasteiger partial charge in [-0.2, -0.15) is 0 Å². The van der Waals surface area contributed by atoms with E-state index >= 15 is 0 Å². The molecule has 11 nitrogen and oxygen atoms in total. The molecule has 0 amide bonds. The summed E-state index contributed by atoms with van der Waals surface area (Å²) in [5, 5.41) is 0. The molecule has 3 atom stereocenters. The maximum atomic E-state index is 6.29. The van der Waals surface area contributed by atoms with Crippen LogP contribution in [-0.4, -0.2) is 42.7 Å². The van der Waals surface area contributed by atoms with E-state index in [1.807, 2.05) is 0 Å². The van der Waals surface area contributed by atoms with Gasteiger partial charge in [0, 0.05) is 21.3 Å². The van der Waals surface area contributed by atoms with Crippen LogP contribution in [0.25, 0.3) is 0 Å². The van der Waals surface area contributed by atoms with Gasteiger partial charge in [0.25, 0.3) is 0 Å². The molecule has 0 spiro atoms. The van der Waals surface area contributed by atoms with Crippen LogP contribution in [0.3, 0.4) is 0 Å². The van der Waals surface area contributed by atoms with E-state index in [4.69, 9.17) is 45.9 Å². The molecule has 0 bridgehead atoms. The van der Waals surface area contributed by atoms with E-state index in [0.29, 0.717) is 34.5 Å². The third-order valence-electron chi connectivity index (χ3n) is 4.75. The van der Waals surface area contributed by atoms with Crippen molar-refractivity contribution in [2.45, 2.75) is 0 Å². The predicted octanol–water partition coefficient (Wildman–Crippen LogP) is 7.18. The molecule has 0 heterocycles. The van der Waals surface area contributed by atoms with E-state index in [-0.39, 0.29) is 0 Å². The summed E-state index contributed by atoms with van der Waals surface area (Å²) in [4.78, 5) is 3.18. The fourth-order valence-electron chi connectivity index (χ4n) is 2.80. The minimum absolute atomic E-state index is 0.475. The number of hydrogen-bond acceptors (Lipinski definition) is 10. The Morgan fingerprint density at radius 1 is 0.553 bits per heavy atom. The van der Waals surface area contributed by atoms with Gasteiger partial charge in [-0.25, -0.2) is 0 Å². The van der Waals surface area contributed by atoms with Crippen molar-refractivity contribution in [3.8, 4) is 34.5 Å². The van der Waals surface area contributed by atoms with Crippen LogP contribution >= 0.6 is 24.7 Å². The lowest BCUT2D eigenvalue weighted by atomic mass is 10.3. The molecule has 1 N–H and O–H groups in total. The molecule has 14 heteroatoms. The van der Waals surface area contributed by atoms with Gasteiger partial charge in [0.2, 0.25) is 0 Å². The van der Waals surface area contributed by atoms with Gasteiger partial charge in [-0.1, -0.05) is 0 Å². The lowest BCUT2D eigenvalue weighted by Gasteiger charge is -2.27. The Morgan fingerprint density at radius 2 is 0.974 bits per heavy atom. The summed E-state index contributed by atoms with van der Waals surface area (Å²) in [5.41, 5.74) is 0. The number of ether oxygens (including phenoxy) is 3. The first-order valence-electron chi connectivity index (χ1n) is 11.1. The van der Waals surface area contributed by atoms with Crippen molar-refractivity contribution in [2.75, 3.05) is 42.7 Å². The van der Waals surface area contributed by atoms with Gasteiger partial charge < -0.3 is 41.4 Å². The van der Waals surface area contributed by atoms with Crippen molar-refractivity contribution in [3.63, 3.8) is 0 Å². The van der Waals surface area contributed by atoms with Crippen molar-refractivity contribution < 1.29 is 41.4 Å². The summed E-state index contributed by atoms with van der Waals surface area (Å²) in [7, 11) is 2.27. The fraction of sp³-hybridized carbons (Fsp3) is 0.250. The molecule has 0 aliphatic carbocycles. The van der Waals surface area contributed by atoms with Crippen LogP contribution in [0.4, 0.5) is 0 Å². The molecule has 0 fully saturated rings. The van der Waals surface area contributed by atoms with Gasteiger partial charge in [0.1, 0.15) is 34.5 Å². The second-order valence-corrected chi connectivity index (χ2v) is 12.2. The molecule has 38 heavy (non-hydrogen) atoms. The zero-order chi connectivity index (χ0) is 27.4. The highest BCUT2D eigenvalue weighted by Crippen LogP contribution is 2.61. The lowest BCUT2D eigenvalue weighted by Crippen LogP contribution is -2.15. The lowest BCUT2D eigenvalue weighted by molar-refractivity contribution is 0.358. The first kappa shape index (κ1) is 29.9. The van der Waals surface area contributed by atoms with E-state index < -0.39 is 24.7 Å². The molecule has 0 saturated carbocycles. The zero-order valence-electron chi connectivity index (χ0n) is 21.9. The van der Waals surface area contributed by atoms with Crippen LogP contribution in [0, 0.1) is 0 Å². The highest BCUT2D eigenvalue weighted by molar-refractivity contribution is 7.70. The van der Waals surface area contributed by atoms with Crippen molar-refractivity contribution in [2.24, 2.45) is 4.52 Å². The van der Waals surface area contributed by atoms with Crippen LogP contribution in [0.5, 0.6) is 34.5 Å². The van der Waals surface area contributed by atoms with E-state index in [1.165, 1.54) is 21.3 Å². The number of hydrogen-bond donors (Lipinski definition) is 1. The van der Waals surface area contributed by atoms with Crippen molar-refractivity contribution in [1.82, 2.24) is 4.86 Å². The van der Waals surface area contributed by atoms with Gasteiger partial charge >= 0.3 is 24.7 Å². The summed E-state index contributed by atoms with van der Waals surface area (Å²) in [6.45, 7) is 0. The smallest absolute Gasteiger partial charge is 0.377 e. The zero-order valence-corrected chi connectivity index (χ0v) is 24.6.